The Labute approximate surface area is 83.4 Å². The number of hydrogen-bond acceptors (Lipinski definition) is 3. The van der Waals surface area contributed by atoms with E-state index >= 15 is 0 Å². The molecule has 2 rings (SSSR count). The Morgan fingerprint density at radius 1 is 1.36 bits per heavy atom. The molecule has 72 valence electrons. The van der Waals surface area contributed by atoms with Crippen LogP contribution >= 0.6 is 0 Å². The number of anilines is 1. The van der Waals surface area contributed by atoms with Gasteiger partial charge in [-0.1, -0.05) is 6.08 Å². The first-order chi connectivity index (χ1) is 6.77. The Bertz CT molecular complexity index is 382. The average molecular weight is 187 g/mol. The summed E-state index contributed by atoms with van der Waals surface area (Å²) >= 11 is 0. The Hall–Kier alpha value is -1.64. The minimum atomic E-state index is 0.267. The molecule has 0 radical (unpaired) electrons. The molecule has 0 fully saturated rings. The number of nitrogens with zero attached hydrogens (tertiary/aromatic N) is 2. The summed E-state index contributed by atoms with van der Waals surface area (Å²) in [6.45, 7) is 2.09. The molecule has 0 amide bonds. The zero-order valence-corrected chi connectivity index (χ0v) is 8.09. The Balaban J connectivity index is 2.31. The SMILES string of the molecule is CC1N=CC=CC1c1cncc(N)c1. The molecule has 3 nitrogen and oxygen atoms in total. The van der Waals surface area contributed by atoms with Gasteiger partial charge in [0.15, 0.2) is 0 Å². The van der Waals surface area contributed by atoms with Crippen LogP contribution < -0.4 is 5.73 Å². The van der Waals surface area contributed by atoms with Crippen LogP contribution in [0.3, 0.4) is 0 Å². The highest BCUT2D eigenvalue weighted by molar-refractivity contribution is 5.73. The monoisotopic (exact) mass is 187 g/mol. The largest absolute Gasteiger partial charge is 0.397 e. The third kappa shape index (κ3) is 1.66. The highest BCUT2D eigenvalue weighted by Crippen LogP contribution is 2.25. The summed E-state index contributed by atoms with van der Waals surface area (Å²) in [6.07, 6.45) is 9.44. The molecular weight excluding hydrogens is 174 g/mol. The Morgan fingerprint density at radius 2 is 2.21 bits per heavy atom. The molecular formula is C11H13N3. The first-order valence-electron chi connectivity index (χ1n) is 4.68. The third-order valence-electron chi connectivity index (χ3n) is 2.41. The fraction of sp³-hybridized carbons (Fsp3) is 0.273. The lowest BCUT2D eigenvalue weighted by Gasteiger charge is -2.19. The molecule has 0 aliphatic carbocycles. The van der Waals surface area contributed by atoms with Crippen molar-refractivity contribution in [1.29, 1.82) is 0 Å². The number of allylic oxidation sites excluding steroid dienone is 1. The first kappa shape index (κ1) is 8.94. The summed E-state index contributed by atoms with van der Waals surface area (Å²) in [5.41, 5.74) is 7.52. The van der Waals surface area contributed by atoms with Gasteiger partial charge < -0.3 is 5.73 Å². The van der Waals surface area contributed by atoms with Gasteiger partial charge in [0.1, 0.15) is 0 Å². The molecule has 2 heterocycles. The summed E-state index contributed by atoms with van der Waals surface area (Å²) in [5, 5.41) is 0. The fourth-order valence-corrected chi connectivity index (χ4v) is 1.66. The number of nitrogen functional groups attached to an aromatic ring is 1. The van der Waals surface area contributed by atoms with E-state index < -0.39 is 0 Å². The topological polar surface area (TPSA) is 51.3 Å². The Kier molecular flexibility index (Phi) is 2.31. The van der Waals surface area contributed by atoms with Crippen molar-refractivity contribution in [2.45, 2.75) is 18.9 Å². The second-order valence-electron chi connectivity index (χ2n) is 3.50. The second kappa shape index (κ2) is 3.62. The van der Waals surface area contributed by atoms with Gasteiger partial charge in [-0.3, -0.25) is 9.98 Å². The zero-order valence-electron chi connectivity index (χ0n) is 8.09. The smallest absolute Gasteiger partial charge is 0.0575 e. The molecule has 2 N–H and O–H groups in total. The quantitative estimate of drug-likeness (QED) is 0.728. The number of hydrogen-bond donors (Lipinski definition) is 1. The minimum absolute atomic E-state index is 0.267. The molecule has 2 unspecified atom stereocenters. The van der Waals surface area contributed by atoms with Crippen LogP contribution in [0.5, 0.6) is 0 Å². The van der Waals surface area contributed by atoms with Crippen molar-refractivity contribution in [2.75, 3.05) is 5.73 Å². The van der Waals surface area contributed by atoms with Gasteiger partial charge in [-0.25, -0.2) is 0 Å². The van der Waals surface area contributed by atoms with Gasteiger partial charge in [-0.05, 0) is 24.6 Å². The number of pyridine rings is 1. The van der Waals surface area contributed by atoms with Crippen molar-refractivity contribution in [3.63, 3.8) is 0 Å². The predicted octanol–water partition coefficient (Wildman–Crippen LogP) is 1.78. The first-order valence-corrected chi connectivity index (χ1v) is 4.68. The summed E-state index contributed by atoms with van der Waals surface area (Å²) in [4.78, 5) is 8.42. The van der Waals surface area contributed by atoms with E-state index in [0.717, 1.165) is 5.56 Å². The maximum absolute atomic E-state index is 5.69. The fourth-order valence-electron chi connectivity index (χ4n) is 1.66. The lowest BCUT2D eigenvalue weighted by molar-refractivity contribution is 0.659. The maximum Gasteiger partial charge on any atom is 0.0575 e. The summed E-state index contributed by atoms with van der Waals surface area (Å²) < 4.78 is 0. The van der Waals surface area contributed by atoms with Gasteiger partial charge in [0.2, 0.25) is 0 Å². The van der Waals surface area contributed by atoms with Crippen LogP contribution in [0.25, 0.3) is 0 Å². The molecule has 1 aliphatic rings. The molecule has 1 aliphatic heterocycles. The van der Waals surface area contributed by atoms with E-state index in [4.69, 9.17) is 5.73 Å². The highest BCUT2D eigenvalue weighted by Gasteiger charge is 2.17. The zero-order chi connectivity index (χ0) is 9.97. The molecule has 0 spiro atoms. The van der Waals surface area contributed by atoms with Crippen molar-refractivity contribution in [3.05, 3.63) is 36.2 Å². The van der Waals surface area contributed by atoms with E-state index in [9.17, 15) is 0 Å². The van der Waals surface area contributed by atoms with E-state index in [0.29, 0.717) is 11.6 Å². The van der Waals surface area contributed by atoms with Gasteiger partial charge >= 0.3 is 0 Å². The Morgan fingerprint density at radius 3 is 2.93 bits per heavy atom. The number of dihydropyridines is 1. The van der Waals surface area contributed by atoms with Crippen LogP contribution in [0.1, 0.15) is 18.4 Å². The number of aliphatic imine (C=N–C) groups is 1. The van der Waals surface area contributed by atoms with E-state index in [-0.39, 0.29) is 6.04 Å². The van der Waals surface area contributed by atoms with E-state index in [1.165, 1.54) is 0 Å². The number of nitrogens with two attached hydrogens (primary N) is 1. The van der Waals surface area contributed by atoms with Crippen molar-refractivity contribution >= 4 is 11.9 Å². The molecule has 1 aromatic heterocycles. The second-order valence-corrected chi connectivity index (χ2v) is 3.50. The van der Waals surface area contributed by atoms with Crippen molar-refractivity contribution in [1.82, 2.24) is 4.98 Å². The van der Waals surface area contributed by atoms with Gasteiger partial charge in [0.25, 0.3) is 0 Å². The lowest BCUT2D eigenvalue weighted by atomic mass is 9.92. The molecule has 14 heavy (non-hydrogen) atoms. The van der Waals surface area contributed by atoms with Crippen LogP contribution in [0.2, 0.25) is 0 Å². The summed E-state index contributed by atoms with van der Waals surface area (Å²) in [5.74, 6) is 0.302. The molecule has 0 aromatic carbocycles. The molecule has 0 saturated carbocycles. The van der Waals surface area contributed by atoms with Crippen LogP contribution in [-0.2, 0) is 0 Å². The van der Waals surface area contributed by atoms with Gasteiger partial charge in [-0.15, -0.1) is 0 Å². The van der Waals surface area contributed by atoms with Gasteiger partial charge in [0.05, 0.1) is 11.7 Å². The van der Waals surface area contributed by atoms with Gasteiger partial charge in [0, 0.05) is 24.5 Å². The number of rotatable bonds is 1. The number of aromatic nitrogens is 1. The molecule has 2 atom stereocenters. The average Bonchev–Trinajstić information content (AvgIpc) is 2.18. The highest BCUT2D eigenvalue weighted by atomic mass is 14.8. The molecule has 1 aromatic rings. The third-order valence-corrected chi connectivity index (χ3v) is 2.41. The predicted molar refractivity (Wildman–Crippen MR) is 58.5 cm³/mol. The van der Waals surface area contributed by atoms with Crippen molar-refractivity contribution in [3.8, 4) is 0 Å². The van der Waals surface area contributed by atoms with Crippen molar-refractivity contribution in [2.24, 2.45) is 4.99 Å². The van der Waals surface area contributed by atoms with E-state index in [1.54, 1.807) is 6.20 Å². The van der Waals surface area contributed by atoms with Crippen LogP contribution in [0, 0.1) is 0 Å². The lowest BCUT2D eigenvalue weighted by Crippen LogP contribution is -2.14. The normalized spacial score (nSPS) is 25.2. The summed E-state index contributed by atoms with van der Waals surface area (Å²) in [6, 6.07) is 2.22. The van der Waals surface area contributed by atoms with E-state index in [1.807, 2.05) is 24.6 Å². The van der Waals surface area contributed by atoms with E-state index in [2.05, 4.69) is 23.0 Å². The summed E-state index contributed by atoms with van der Waals surface area (Å²) in [7, 11) is 0. The minimum Gasteiger partial charge on any atom is -0.397 e. The molecule has 0 saturated heterocycles. The van der Waals surface area contributed by atoms with Crippen molar-refractivity contribution < 1.29 is 0 Å². The van der Waals surface area contributed by atoms with Crippen LogP contribution in [0.4, 0.5) is 5.69 Å². The molecule has 0 bridgehead atoms. The van der Waals surface area contributed by atoms with Crippen LogP contribution in [-0.4, -0.2) is 17.2 Å². The van der Waals surface area contributed by atoms with Crippen LogP contribution in [0.15, 0.2) is 35.6 Å². The standard InChI is InChI=1S/C11H13N3/c1-8-11(3-2-4-14-8)9-5-10(12)7-13-6-9/h2-8,11H,12H2,1H3. The molecule has 3 heteroatoms. The van der Waals surface area contributed by atoms with Gasteiger partial charge in [-0.2, -0.15) is 0 Å². The maximum atomic E-state index is 5.69.